The molecule has 2 aliphatic heterocycles. The zero-order valence-corrected chi connectivity index (χ0v) is 15.5. The van der Waals surface area contributed by atoms with Crippen LogP contribution in [-0.2, 0) is 9.53 Å². The highest BCUT2D eigenvalue weighted by Crippen LogP contribution is 2.36. The molecular weight excluding hydrogens is 344 g/mol. The number of benzene rings is 1. The molecule has 7 heteroatoms. The zero-order chi connectivity index (χ0) is 19.0. The Balaban J connectivity index is 1.41. The van der Waals surface area contributed by atoms with Crippen LogP contribution in [0.2, 0.25) is 0 Å². The molecule has 7 nitrogen and oxygen atoms in total. The number of hydrogen-bond acceptors (Lipinski definition) is 5. The summed E-state index contributed by atoms with van der Waals surface area (Å²) in [6, 6.07) is 8.58. The van der Waals surface area contributed by atoms with Gasteiger partial charge in [-0.05, 0) is 37.0 Å². The van der Waals surface area contributed by atoms with Crippen LogP contribution in [0.1, 0.15) is 28.8 Å². The highest BCUT2D eigenvalue weighted by atomic mass is 16.5. The van der Waals surface area contributed by atoms with E-state index in [1.807, 2.05) is 0 Å². The average Bonchev–Trinajstić information content (AvgIpc) is 3.49. The summed E-state index contributed by atoms with van der Waals surface area (Å²) in [5.41, 5.74) is 0.619. The smallest absolute Gasteiger partial charge is 0.254 e. The van der Waals surface area contributed by atoms with Crippen LogP contribution in [-0.4, -0.2) is 73.1 Å². The number of nitrogens with one attached hydrogen (secondary N) is 1. The van der Waals surface area contributed by atoms with Gasteiger partial charge in [0.15, 0.2) is 0 Å². The predicted molar refractivity (Wildman–Crippen MR) is 97.9 cm³/mol. The van der Waals surface area contributed by atoms with Crippen molar-refractivity contribution >= 4 is 11.8 Å². The number of hydrogen-bond donors (Lipinski definition) is 1. The molecule has 4 rings (SSSR count). The van der Waals surface area contributed by atoms with E-state index in [0.717, 1.165) is 6.54 Å². The summed E-state index contributed by atoms with van der Waals surface area (Å²) in [4.78, 5) is 28.9. The Kier molecular flexibility index (Phi) is 4.62. The van der Waals surface area contributed by atoms with Crippen LogP contribution >= 0.6 is 0 Å². The SMILES string of the molecule is CNC(=O)C1COC2(CN(C(=O)c3cccc(C#N)c3)C2)CN1CC1CC1. The molecule has 27 heavy (non-hydrogen) atoms. The van der Waals surface area contributed by atoms with Gasteiger partial charge in [0.2, 0.25) is 5.91 Å². The van der Waals surface area contributed by atoms with Crippen molar-refractivity contribution in [2.75, 3.05) is 39.8 Å². The number of nitrogens with zero attached hydrogens (tertiary/aromatic N) is 3. The van der Waals surface area contributed by atoms with E-state index in [0.29, 0.717) is 43.3 Å². The number of morpholine rings is 1. The zero-order valence-electron chi connectivity index (χ0n) is 15.5. The number of likely N-dealkylation sites (tertiary alicyclic amines) is 1. The number of rotatable bonds is 4. The second-order valence-corrected chi connectivity index (χ2v) is 7.85. The fourth-order valence-corrected chi connectivity index (χ4v) is 4.01. The third-order valence-electron chi connectivity index (χ3n) is 5.70. The number of amides is 2. The number of carbonyl (C=O) groups excluding carboxylic acids is 2. The van der Waals surface area contributed by atoms with Crippen LogP contribution in [0.5, 0.6) is 0 Å². The normalized spacial score (nSPS) is 24.1. The Bertz CT molecular complexity index is 793. The van der Waals surface area contributed by atoms with Gasteiger partial charge in [0, 0.05) is 25.7 Å². The molecule has 1 aromatic rings. The lowest BCUT2D eigenvalue weighted by Crippen LogP contribution is -2.73. The van der Waals surface area contributed by atoms with Gasteiger partial charge in [-0.3, -0.25) is 14.5 Å². The summed E-state index contributed by atoms with van der Waals surface area (Å²) >= 11 is 0. The van der Waals surface area contributed by atoms with Crippen molar-refractivity contribution in [3.8, 4) is 6.07 Å². The van der Waals surface area contributed by atoms with Crippen LogP contribution in [0.25, 0.3) is 0 Å². The summed E-state index contributed by atoms with van der Waals surface area (Å²) < 4.78 is 6.08. The van der Waals surface area contributed by atoms with E-state index in [4.69, 9.17) is 10.00 Å². The molecule has 2 saturated heterocycles. The molecule has 0 bridgehead atoms. The van der Waals surface area contributed by atoms with E-state index in [1.165, 1.54) is 12.8 Å². The van der Waals surface area contributed by atoms with Crippen LogP contribution in [0.15, 0.2) is 24.3 Å². The van der Waals surface area contributed by atoms with Gasteiger partial charge in [-0.1, -0.05) is 6.07 Å². The number of nitriles is 1. The molecule has 142 valence electrons. The number of carbonyl (C=O) groups is 2. The highest BCUT2D eigenvalue weighted by Gasteiger charge is 2.52. The van der Waals surface area contributed by atoms with Gasteiger partial charge in [0.05, 0.1) is 31.3 Å². The number of likely N-dealkylation sites (N-methyl/N-ethyl adjacent to an activating group) is 1. The lowest BCUT2D eigenvalue weighted by molar-refractivity contribution is -0.191. The quantitative estimate of drug-likeness (QED) is 0.842. The largest absolute Gasteiger partial charge is 0.368 e. The Morgan fingerprint density at radius 2 is 2.11 bits per heavy atom. The first-order valence-electron chi connectivity index (χ1n) is 9.43. The lowest BCUT2D eigenvalue weighted by atomic mass is 9.89. The summed E-state index contributed by atoms with van der Waals surface area (Å²) in [5, 5.41) is 11.7. The summed E-state index contributed by atoms with van der Waals surface area (Å²) in [6.07, 6.45) is 2.45. The molecule has 3 fully saturated rings. The van der Waals surface area contributed by atoms with Crippen LogP contribution in [0, 0.1) is 17.2 Å². The summed E-state index contributed by atoms with van der Waals surface area (Å²) in [7, 11) is 1.65. The molecule has 2 heterocycles. The van der Waals surface area contributed by atoms with Gasteiger partial charge in [-0.25, -0.2) is 0 Å². The molecule has 1 N–H and O–H groups in total. The van der Waals surface area contributed by atoms with Gasteiger partial charge in [0.1, 0.15) is 11.6 Å². The van der Waals surface area contributed by atoms with Crippen LogP contribution < -0.4 is 5.32 Å². The third kappa shape index (κ3) is 3.55. The van der Waals surface area contributed by atoms with E-state index in [1.54, 1.807) is 36.2 Å². The first-order chi connectivity index (χ1) is 13.0. The predicted octanol–water partition coefficient (Wildman–Crippen LogP) is 0.610. The molecule has 1 aromatic carbocycles. The molecule has 0 radical (unpaired) electrons. The Hall–Kier alpha value is -2.43. The van der Waals surface area contributed by atoms with E-state index < -0.39 is 0 Å². The maximum absolute atomic E-state index is 12.7. The van der Waals surface area contributed by atoms with Gasteiger partial charge in [-0.2, -0.15) is 5.26 Å². The molecular formula is C20H24N4O3. The first kappa shape index (κ1) is 18.0. The topological polar surface area (TPSA) is 85.7 Å². The first-order valence-corrected chi connectivity index (χ1v) is 9.43. The fraction of sp³-hybridized carbons (Fsp3) is 0.550. The van der Waals surface area contributed by atoms with Crippen molar-refractivity contribution in [1.82, 2.24) is 15.1 Å². The lowest BCUT2D eigenvalue weighted by Gasteiger charge is -2.55. The monoisotopic (exact) mass is 368 g/mol. The molecule has 0 aromatic heterocycles. The van der Waals surface area contributed by atoms with E-state index in [2.05, 4.69) is 16.3 Å². The van der Waals surface area contributed by atoms with Crippen LogP contribution in [0.4, 0.5) is 0 Å². The van der Waals surface area contributed by atoms with E-state index in [-0.39, 0.29) is 23.5 Å². The Labute approximate surface area is 158 Å². The van der Waals surface area contributed by atoms with E-state index in [9.17, 15) is 9.59 Å². The molecule has 1 atom stereocenters. The Morgan fingerprint density at radius 1 is 1.33 bits per heavy atom. The Morgan fingerprint density at radius 3 is 2.78 bits per heavy atom. The van der Waals surface area contributed by atoms with Crippen molar-refractivity contribution in [2.45, 2.75) is 24.5 Å². The van der Waals surface area contributed by atoms with Crippen molar-refractivity contribution in [2.24, 2.45) is 5.92 Å². The molecule has 1 saturated carbocycles. The average molecular weight is 368 g/mol. The van der Waals surface area contributed by atoms with Gasteiger partial charge < -0.3 is 15.0 Å². The van der Waals surface area contributed by atoms with Crippen molar-refractivity contribution in [3.05, 3.63) is 35.4 Å². The second-order valence-electron chi connectivity index (χ2n) is 7.85. The van der Waals surface area contributed by atoms with Gasteiger partial charge in [0.25, 0.3) is 5.91 Å². The van der Waals surface area contributed by atoms with Crippen molar-refractivity contribution < 1.29 is 14.3 Å². The minimum Gasteiger partial charge on any atom is -0.368 e. The van der Waals surface area contributed by atoms with Gasteiger partial charge >= 0.3 is 0 Å². The third-order valence-corrected chi connectivity index (χ3v) is 5.70. The standard InChI is InChI=1S/C20H24N4O3/c1-22-18(25)17-10-27-20(11-23(17)9-14-5-6-14)12-24(13-20)19(26)16-4-2-3-15(7-16)8-21/h2-4,7,14,17H,5-6,9-13H2,1H3,(H,22,25). The molecule has 1 unspecified atom stereocenters. The summed E-state index contributed by atoms with van der Waals surface area (Å²) in [6.45, 7) is 2.98. The fourth-order valence-electron chi connectivity index (χ4n) is 4.01. The maximum atomic E-state index is 12.7. The highest BCUT2D eigenvalue weighted by molar-refractivity contribution is 5.95. The molecule has 1 spiro atoms. The van der Waals surface area contributed by atoms with Crippen LogP contribution in [0.3, 0.4) is 0 Å². The van der Waals surface area contributed by atoms with Crippen molar-refractivity contribution in [1.29, 1.82) is 5.26 Å². The minimum absolute atomic E-state index is 0.00826. The second kappa shape index (κ2) is 6.95. The van der Waals surface area contributed by atoms with Gasteiger partial charge in [-0.15, -0.1) is 0 Å². The number of ether oxygens (including phenoxy) is 1. The molecule has 3 aliphatic rings. The maximum Gasteiger partial charge on any atom is 0.254 e. The van der Waals surface area contributed by atoms with E-state index >= 15 is 0 Å². The summed E-state index contributed by atoms with van der Waals surface area (Å²) in [5.74, 6) is 0.591. The van der Waals surface area contributed by atoms with Crippen molar-refractivity contribution in [3.63, 3.8) is 0 Å². The minimum atomic E-state index is -0.387. The molecule has 1 aliphatic carbocycles. The molecule has 2 amide bonds.